The molecule has 1 aliphatic heterocycles. The Bertz CT molecular complexity index is 2190. The van der Waals surface area contributed by atoms with Crippen LogP contribution in [0, 0.1) is 0 Å². The Morgan fingerprint density at radius 3 is 1.79 bits per heavy atom. The van der Waals surface area contributed by atoms with Crippen molar-refractivity contribution >= 4 is 70.2 Å². The van der Waals surface area contributed by atoms with E-state index in [9.17, 15) is 8.42 Å². The van der Waals surface area contributed by atoms with Crippen molar-refractivity contribution in [2.45, 2.75) is 19.6 Å². The van der Waals surface area contributed by atoms with Crippen LogP contribution in [-0.2, 0) is 9.84 Å². The van der Waals surface area contributed by atoms with Gasteiger partial charge in [-0.25, -0.2) is 8.42 Å². The maximum atomic E-state index is 13.7. The van der Waals surface area contributed by atoms with Crippen LogP contribution in [0.25, 0.3) is 31.3 Å². The van der Waals surface area contributed by atoms with E-state index in [0.29, 0.717) is 0 Å². The monoisotopic (exact) mass is 597 g/mol. The topological polar surface area (TPSA) is 37.4 Å². The first-order valence-corrected chi connectivity index (χ1v) is 16.7. The number of thiophene rings is 1. The third kappa shape index (κ3) is 4.06. The molecular weight excluding hydrogens is 575 g/mol. The van der Waals surface area contributed by atoms with E-state index in [1.807, 2.05) is 48.5 Å². The van der Waals surface area contributed by atoms with E-state index in [0.717, 1.165) is 28.2 Å². The van der Waals surface area contributed by atoms with Gasteiger partial charge in [0.1, 0.15) is 0 Å². The normalized spacial score (nSPS) is 12.8. The molecule has 1 aliphatic rings. The van der Waals surface area contributed by atoms with Crippen molar-refractivity contribution in [3.05, 3.63) is 140 Å². The van der Waals surface area contributed by atoms with E-state index < -0.39 is 9.84 Å². The largest absolute Gasteiger partial charge is 0.308 e. The van der Waals surface area contributed by atoms with Crippen LogP contribution in [-0.4, -0.2) is 8.42 Å². The first-order valence-electron chi connectivity index (χ1n) is 13.6. The molecule has 0 amide bonds. The van der Waals surface area contributed by atoms with Gasteiger partial charge >= 0.3 is 0 Å². The molecule has 0 N–H and O–H groups in total. The number of rotatable bonds is 4. The van der Waals surface area contributed by atoms with E-state index >= 15 is 0 Å². The Morgan fingerprint density at radius 1 is 0.524 bits per heavy atom. The number of hydrogen-bond donors (Lipinski definition) is 0. The highest BCUT2D eigenvalue weighted by Gasteiger charge is 2.25. The molecule has 2 heterocycles. The second kappa shape index (κ2) is 9.88. The Labute approximate surface area is 252 Å². The van der Waals surface area contributed by atoms with Crippen molar-refractivity contribution in [1.29, 1.82) is 0 Å². The zero-order valence-corrected chi connectivity index (χ0v) is 24.7. The number of nitrogens with zero attached hydrogens (tertiary/aromatic N) is 1. The fourth-order valence-electron chi connectivity index (χ4n) is 5.68. The van der Waals surface area contributed by atoms with Crippen LogP contribution in [0.15, 0.2) is 159 Å². The minimum absolute atomic E-state index is 0.276. The van der Waals surface area contributed by atoms with Crippen molar-refractivity contribution in [3.8, 4) is 11.1 Å². The number of benzene rings is 6. The quantitative estimate of drug-likeness (QED) is 0.202. The molecule has 0 atom stereocenters. The lowest BCUT2D eigenvalue weighted by Gasteiger charge is -2.32. The van der Waals surface area contributed by atoms with Crippen LogP contribution in [0.4, 0.5) is 17.1 Å². The molecule has 0 saturated heterocycles. The van der Waals surface area contributed by atoms with Gasteiger partial charge < -0.3 is 4.90 Å². The maximum absolute atomic E-state index is 13.7. The summed E-state index contributed by atoms with van der Waals surface area (Å²) in [7, 11) is -3.69. The minimum Gasteiger partial charge on any atom is -0.308 e. The average molecular weight is 598 g/mol. The molecule has 0 spiro atoms. The number of sulfone groups is 1. The second-order valence-electron chi connectivity index (χ2n) is 10.2. The summed E-state index contributed by atoms with van der Waals surface area (Å²) in [6.07, 6.45) is 0. The van der Waals surface area contributed by atoms with Crippen molar-refractivity contribution in [1.82, 2.24) is 0 Å². The molecule has 6 aromatic carbocycles. The standard InChI is InChI=1S/C36H23NO2S3/c38-42(39,26-20-16-24(17-21-26)28-9-7-10-30-29-8-1-4-13-33(29)41-36(28)30)27-22-18-25(19-23-27)37-31-11-2-5-14-34(31)40-35-15-6-3-12-32(35)37/h1-23H. The highest BCUT2D eigenvalue weighted by Crippen LogP contribution is 2.51. The summed E-state index contributed by atoms with van der Waals surface area (Å²) in [4.78, 5) is 5.09. The number of anilines is 3. The Kier molecular flexibility index (Phi) is 5.96. The summed E-state index contributed by atoms with van der Waals surface area (Å²) in [6.45, 7) is 0. The van der Waals surface area contributed by atoms with Gasteiger partial charge in [-0.15, -0.1) is 11.3 Å². The molecular formula is C36H23NO2S3. The van der Waals surface area contributed by atoms with E-state index in [4.69, 9.17) is 0 Å². The highest BCUT2D eigenvalue weighted by atomic mass is 32.2. The van der Waals surface area contributed by atoms with Gasteiger partial charge in [0.15, 0.2) is 0 Å². The fourth-order valence-corrected chi connectivity index (χ4v) is 9.24. The van der Waals surface area contributed by atoms with Crippen LogP contribution < -0.4 is 4.90 Å². The van der Waals surface area contributed by atoms with Gasteiger partial charge in [-0.3, -0.25) is 0 Å². The van der Waals surface area contributed by atoms with Crippen molar-refractivity contribution in [3.63, 3.8) is 0 Å². The fraction of sp³-hybridized carbons (Fsp3) is 0. The van der Waals surface area contributed by atoms with E-state index in [-0.39, 0.29) is 9.79 Å². The Hall–Kier alpha value is -4.36. The molecule has 0 radical (unpaired) electrons. The van der Waals surface area contributed by atoms with Gasteiger partial charge in [-0.1, -0.05) is 84.6 Å². The average Bonchev–Trinajstić information content (AvgIpc) is 3.43. The summed E-state index contributed by atoms with van der Waals surface area (Å²) in [6, 6.07) is 45.8. The van der Waals surface area contributed by atoms with Crippen molar-refractivity contribution in [2.24, 2.45) is 0 Å². The Morgan fingerprint density at radius 2 is 1.10 bits per heavy atom. The minimum atomic E-state index is -3.69. The predicted molar refractivity (Wildman–Crippen MR) is 175 cm³/mol. The molecule has 0 aliphatic carbocycles. The molecule has 0 unspecified atom stereocenters. The van der Waals surface area contributed by atoms with Crippen LogP contribution in [0.1, 0.15) is 0 Å². The van der Waals surface area contributed by atoms with Gasteiger partial charge in [-0.05, 0) is 77.9 Å². The third-order valence-corrected chi connectivity index (χ3v) is 11.9. The first-order chi connectivity index (χ1) is 20.6. The molecule has 0 fully saturated rings. The number of fused-ring (bicyclic) bond motifs is 5. The van der Waals surface area contributed by atoms with Crippen molar-refractivity contribution < 1.29 is 8.42 Å². The van der Waals surface area contributed by atoms with Gasteiger partial charge in [0.05, 0.1) is 21.2 Å². The molecule has 0 bridgehead atoms. The number of para-hydroxylation sites is 2. The first kappa shape index (κ1) is 25.4. The van der Waals surface area contributed by atoms with Crippen LogP contribution >= 0.6 is 23.1 Å². The molecule has 3 nitrogen and oxygen atoms in total. The zero-order valence-electron chi connectivity index (χ0n) is 22.3. The molecule has 42 heavy (non-hydrogen) atoms. The molecule has 6 heteroatoms. The van der Waals surface area contributed by atoms with Crippen LogP contribution in [0.5, 0.6) is 0 Å². The zero-order chi connectivity index (χ0) is 28.3. The highest BCUT2D eigenvalue weighted by molar-refractivity contribution is 7.99. The third-order valence-electron chi connectivity index (χ3n) is 7.72. The Balaban J connectivity index is 1.13. The van der Waals surface area contributed by atoms with Gasteiger partial charge in [-0.2, -0.15) is 0 Å². The van der Waals surface area contributed by atoms with Gasteiger partial charge in [0.25, 0.3) is 0 Å². The molecule has 1 aromatic heterocycles. The lowest BCUT2D eigenvalue weighted by atomic mass is 10.0. The predicted octanol–water partition coefficient (Wildman–Crippen LogP) is 10.5. The lowest BCUT2D eigenvalue weighted by Crippen LogP contribution is -2.14. The van der Waals surface area contributed by atoms with E-state index in [1.54, 1.807) is 47.4 Å². The molecule has 202 valence electrons. The lowest BCUT2D eigenvalue weighted by molar-refractivity contribution is 0.596. The summed E-state index contributed by atoms with van der Waals surface area (Å²) >= 11 is 3.52. The SMILES string of the molecule is O=S(=O)(c1ccc(-c2cccc3c2sc2ccccc23)cc1)c1ccc(N2c3ccccc3Sc3ccccc32)cc1. The van der Waals surface area contributed by atoms with Crippen molar-refractivity contribution in [2.75, 3.05) is 4.90 Å². The van der Waals surface area contributed by atoms with E-state index in [2.05, 4.69) is 71.6 Å². The smallest absolute Gasteiger partial charge is 0.206 e. The summed E-state index contributed by atoms with van der Waals surface area (Å²) in [5, 5.41) is 2.47. The van der Waals surface area contributed by atoms with Crippen LogP contribution in [0.2, 0.25) is 0 Å². The van der Waals surface area contributed by atoms with Gasteiger partial charge in [0.2, 0.25) is 9.84 Å². The number of hydrogen-bond acceptors (Lipinski definition) is 5. The summed E-state index contributed by atoms with van der Waals surface area (Å²) < 4.78 is 29.8. The molecule has 8 rings (SSSR count). The van der Waals surface area contributed by atoms with Gasteiger partial charge in [0, 0.05) is 35.7 Å². The maximum Gasteiger partial charge on any atom is 0.206 e. The van der Waals surface area contributed by atoms with E-state index in [1.165, 1.54) is 30.0 Å². The second-order valence-corrected chi connectivity index (χ2v) is 14.3. The van der Waals surface area contributed by atoms with Crippen LogP contribution in [0.3, 0.4) is 0 Å². The summed E-state index contributed by atoms with van der Waals surface area (Å²) in [5.74, 6) is 0. The summed E-state index contributed by atoms with van der Waals surface area (Å²) in [5.41, 5.74) is 5.20. The molecule has 7 aromatic rings. The molecule has 0 saturated carbocycles.